The molecule has 0 fully saturated rings. The second-order valence-corrected chi connectivity index (χ2v) is 12.7. The number of halogens is 1. The van der Waals surface area contributed by atoms with Gasteiger partial charge in [-0.25, -0.2) is 8.42 Å². The lowest BCUT2D eigenvalue weighted by atomic mass is 10.0. The molecule has 0 saturated carbocycles. The van der Waals surface area contributed by atoms with Gasteiger partial charge in [-0.15, -0.1) is 0 Å². The Morgan fingerprint density at radius 3 is 2.37 bits per heavy atom. The van der Waals surface area contributed by atoms with Crippen molar-refractivity contribution in [1.82, 2.24) is 10.2 Å². The van der Waals surface area contributed by atoms with E-state index < -0.39 is 16.1 Å². The normalized spacial score (nSPS) is 13.2. The Bertz CT molecular complexity index is 1500. The van der Waals surface area contributed by atoms with Gasteiger partial charge in [-0.05, 0) is 42.2 Å². The fourth-order valence-corrected chi connectivity index (χ4v) is 6.07. The summed E-state index contributed by atoms with van der Waals surface area (Å²) >= 11 is 6.48. The predicted molar refractivity (Wildman–Crippen MR) is 168 cm³/mol. The number of hydrogen-bond donors (Lipinski definition) is 1. The number of rotatable bonds is 14. The molecule has 1 atom stereocenters. The molecule has 0 radical (unpaired) electrons. The van der Waals surface area contributed by atoms with Crippen LogP contribution in [0.25, 0.3) is 0 Å². The van der Waals surface area contributed by atoms with Gasteiger partial charge in [0.15, 0.2) is 11.5 Å². The molecule has 0 aliphatic carbocycles. The van der Waals surface area contributed by atoms with E-state index in [-0.39, 0.29) is 37.7 Å². The van der Waals surface area contributed by atoms with Gasteiger partial charge in [0, 0.05) is 43.6 Å². The van der Waals surface area contributed by atoms with Crippen LogP contribution in [0.4, 0.5) is 5.69 Å². The van der Waals surface area contributed by atoms with Crippen LogP contribution in [0.2, 0.25) is 5.02 Å². The van der Waals surface area contributed by atoms with Crippen molar-refractivity contribution in [2.75, 3.05) is 36.9 Å². The van der Waals surface area contributed by atoms with Crippen LogP contribution in [-0.4, -0.2) is 63.7 Å². The van der Waals surface area contributed by atoms with Crippen molar-refractivity contribution in [1.29, 1.82) is 0 Å². The van der Waals surface area contributed by atoms with Crippen molar-refractivity contribution in [3.8, 4) is 11.5 Å². The molecule has 1 heterocycles. The van der Waals surface area contributed by atoms with Crippen LogP contribution in [0.5, 0.6) is 11.5 Å². The van der Waals surface area contributed by atoms with E-state index in [0.717, 1.165) is 18.2 Å². The van der Waals surface area contributed by atoms with Gasteiger partial charge >= 0.3 is 0 Å². The van der Waals surface area contributed by atoms with E-state index >= 15 is 0 Å². The van der Waals surface area contributed by atoms with Gasteiger partial charge < -0.3 is 19.7 Å². The number of nitrogens with zero attached hydrogens (tertiary/aromatic N) is 2. The van der Waals surface area contributed by atoms with E-state index in [9.17, 15) is 18.0 Å². The summed E-state index contributed by atoms with van der Waals surface area (Å²) in [6.07, 6.45) is 2.45. The quantitative estimate of drug-likeness (QED) is 0.275. The molecule has 2 amide bonds. The van der Waals surface area contributed by atoms with Gasteiger partial charge in [-0.2, -0.15) is 0 Å². The lowest BCUT2D eigenvalue weighted by Crippen LogP contribution is -2.50. The summed E-state index contributed by atoms with van der Waals surface area (Å²) in [7, 11) is -3.67. The highest BCUT2D eigenvalue weighted by atomic mass is 35.5. The lowest BCUT2D eigenvalue weighted by Gasteiger charge is -2.32. The van der Waals surface area contributed by atoms with E-state index in [1.165, 1.54) is 4.31 Å². The Kier molecular flexibility index (Phi) is 11.3. The monoisotopic (exact) mass is 627 g/mol. The third-order valence-corrected chi connectivity index (χ3v) is 8.65. The molecule has 11 heteroatoms. The fourth-order valence-electron chi connectivity index (χ4n) is 4.92. The number of anilines is 1. The molecule has 0 unspecified atom stereocenters. The zero-order valence-corrected chi connectivity index (χ0v) is 26.1. The predicted octanol–water partition coefficient (Wildman–Crippen LogP) is 4.82. The molecule has 9 nitrogen and oxygen atoms in total. The van der Waals surface area contributed by atoms with Crippen molar-refractivity contribution in [3.05, 3.63) is 88.9 Å². The molecule has 0 aromatic heterocycles. The first-order chi connectivity index (χ1) is 20.7. The Labute approximate surface area is 258 Å². The van der Waals surface area contributed by atoms with Crippen molar-refractivity contribution < 1.29 is 27.5 Å². The van der Waals surface area contributed by atoms with Gasteiger partial charge in [0.05, 0.1) is 11.9 Å². The highest BCUT2D eigenvalue weighted by Gasteiger charge is 2.31. The number of fused-ring (bicyclic) bond motifs is 1. The minimum atomic E-state index is -3.67. The number of sulfonamides is 1. The first kappa shape index (κ1) is 32.2. The number of ether oxygens (including phenoxy) is 2. The summed E-state index contributed by atoms with van der Waals surface area (Å²) in [4.78, 5) is 29.0. The Hall–Kier alpha value is -3.76. The molecule has 43 heavy (non-hydrogen) atoms. The maximum Gasteiger partial charge on any atom is 0.243 e. The molecular formula is C32H38ClN3O6S. The lowest BCUT2D eigenvalue weighted by molar-refractivity contribution is -0.141. The van der Waals surface area contributed by atoms with E-state index in [4.69, 9.17) is 21.1 Å². The highest BCUT2D eigenvalue weighted by Crippen LogP contribution is 2.35. The third-order valence-electron chi connectivity index (χ3n) is 7.08. The van der Waals surface area contributed by atoms with Crippen molar-refractivity contribution in [3.63, 3.8) is 0 Å². The summed E-state index contributed by atoms with van der Waals surface area (Å²) in [6.45, 7) is 3.45. The Balaban J connectivity index is 1.57. The number of carbonyl (C=O) groups is 2. The summed E-state index contributed by atoms with van der Waals surface area (Å²) in [5, 5.41) is 3.45. The average molecular weight is 628 g/mol. The fraction of sp³-hybridized carbons (Fsp3) is 0.375. The van der Waals surface area contributed by atoms with Crippen LogP contribution in [0.1, 0.15) is 37.3 Å². The topological polar surface area (TPSA) is 105 Å². The number of hydrogen-bond acceptors (Lipinski definition) is 6. The molecule has 230 valence electrons. The maximum atomic E-state index is 13.9. The van der Waals surface area contributed by atoms with Crippen molar-refractivity contribution in [2.45, 2.75) is 45.2 Å². The van der Waals surface area contributed by atoms with Crippen LogP contribution < -0.4 is 19.1 Å². The summed E-state index contributed by atoms with van der Waals surface area (Å²) < 4.78 is 38.0. The van der Waals surface area contributed by atoms with E-state index in [1.807, 2.05) is 55.5 Å². The summed E-state index contributed by atoms with van der Waals surface area (Å²) in [5.41, 5.74) is 2.05. The van der Waals surface area contributed by atoms with Crippen LogP contribution in [0.3, 0.4) is 0 Å². The third kappa shape index (κ3) is 8.87. The van der Waals surface area contributed by atoms with Crippen molar-refractivity contribution >= 4 is 39.1 Å². The number of benzene rings is 3. The van der Waals surface area contributed by atoms with Gasteiger partial charge in [0.2, 0.25) is 21.8 Å². The molecule has 0 bridgehead atoms. The van der Waals surface area contributed by atoms with Crippen LogP contribution in [0.15, 0.2) is 72.8 Å². The first-order valence-electron chi connectivity index (χ1n) is 14.4. The molecule has 0 saturated heterocycles. The molecule has 1 aliphatic heterocycles. The summed E-state index contributed by atoms with van der Waals surface area (Å²) in [5.74, 6) is 0.504. The van der Waals surface area contributed by atoms with Gasteiger partial charge in [0.25, 0.3) is 0 Å². The molecule has 1 aliphatic rings. The largest absolute Gasteiger partial charge is 0.486 e. The molecule has 1 N–H and O–H groups in total. The Morgan fingerprint density at radius 1 is 0.977 bits per heavy atom. The highest BCUT2D eigenvalue weighted by molar-refractivity contribution is 7.92. The molecular weight excluding hydrogens is 590 g/mol. The number of nitrogens with one attached hydrogen (secondary N) is 1. The standard InChI is InChI=1S/C32H38ClN3O6S/c1-3-17-34-32(38)28(21-24-10-5-4-6-11-24)35(23-25-12-7-8-13-27(25)33)31(37)14-9-18-36(43(2,39)40)26-15-16-29-30(22-26)42-20-19-41-29/h4-8,10-13,15-16,22,28H,3,9,14,17-21,23H2,1-2H3,(H,34,38)/t28-/m0/s1. The Morgan fingerprint density at radius 2 is 1.67 bits per heavy atom. The van der Waals surface area contributed by atoms with Gasteiger partial charge in [0.1, 0.15) is 19.3 Å². The minimum Gasteiger partial charge on any atom is -0.486 e. The number of amides is 2. The molecule has 4 rings (SSSR count). The first-order valence-corrected chi connectivity index (χ1v) is 16.6. The maximum absolute atomic E-state index is 13.9. The van der Waals surface area contributed by atoms with Gasteiger partial charge in [-0.1, -0.05) is 67.1 Å². The van der Waals surface area contributed by atoms with Crippen LogP contribution in [0, 0.1) is 0 Å². The van der Waals surface area contributed by atoms with Crippen molar-refractivity contribution in [2.24, 2.45) is 0 Å². The van der Waals surface area contributed by atoms with Crippen LogP contribution in [-0.2, 0) is 32.6 Å². The van der Waals surface area contributed by atoms with Crippen LogP contribution >= 0.6 is 11.6 Å². The second-order valence-electron chi connectivity index (χ2n) is 10.4. The van der Waals surface area contributed by atoms with E-state index in [1.54, 1.807) is 29.2 Å². The zero-order chi connectivity index (χ0) is 30.8. The summed E-state index contributed by atoms with van der Waals surface area (Å²) in [6, 6.07) is 21.0. The molecule has 0 spiro atoms. The average Bonchev–Trinajstić information content (AvgIpc) is 3.00. The second kappa shape index (κ2) is 15.1. The van der Waals surface area contributed by atoms with Gasteiger partial charge in [-0.3, -0.25) is 13.9 Å². The minimum absolute atomic E-state index is 0.0212. The van der Waals surface area contributed by atoms with E-state index in [0.29, 0.717) is 54.0 Å². The number of carbonyl (C=O) groups excluding carboxylic acids is 2. The SMILES string of the molecule is CCCNC(=O)[C@H](Cc1ccccc1)N(Cc1ccccc1Cl)C(=O)CCCN(c1ccc2c(c1)OCCO2)S(C)(=O)=O. The molecule has 3 aromatic rings. The van der Waals surface area contributed by atoms with E-state index in [2.05, 4.69) is 5.32 Å². The smallest absolute Gasteiger partial charge is 0.243 e. The zero-order valence-electron chi connectivity index (χ0n) is 24.5. The molecule has 3 aromatic carbocycles.